The summed E-state index contributed by atoms with van der Waals surface area (Å²) in [6, 6.07) is 61.9. The number of fused-ring (bicyclic) bond motifs is 8. The van der Waals surface area contributed by atoms with Gasteiger partial charge in [0.2, 0.25) is 0 Å². The van der Waals surface area contributed by atoms with Gasteiger partial charge in [-0.15, -0.1) is 0 Å². The summed E-state index contributed by atoms with van der Waals surface area (Å²) in [6.45, 7) is 0. The number of hydrogen-bond acceptors (Lipinski definition) is 2. The van der Waals surface area contributed by atoms with Gasteiger partial charge in [0, 0.05) is 39.0 Å². The Hall–Kier alpha value is -6.90. The van der Waals surface area contributed by atoms with Crippen LogP contribution >= 0.6 is 0 Å². The summed E-state index contributed by atoms with van der Waals surface area (Å²) in [5, 5.41) is 7.22. The Bertz CT molecular complexity index is 3070. The van der Waals surface area contributed by atoms with Crippen molar-refractivity contribution in [1.29, 1.82) is 0 Å². The number of anilines is 2. The van der Waals surface area contributed by atoms with Gasteiger partial charge in [-0.1, -0.05) is 158 Å². The summed E-state index contributed by atoms with van der Waals surface area (Å²) >= 11 is 0. The molecule has 0 spiro atoms. The number of furan rings is 1. The molecule has 0 saturated heterocycles. The molecular formula is C54H39NO. The van der Waals surface area contributed by atoms with E-state index in [2.05, 4.69) is 199 Å². The van der Waals surface area contributed by atoms with E-state index >= 15 is 0 Å². The maximum absolute atomic E-state index is 6.68. The lowest BCUT2D eigenvalue weighted by atomic mass is 9.80. The fraction of sp³-hybridized carbons (Fsp3) is 0.0741. The van der Waals surface area contributed by atoms with Gasteiger partial charge >= 0.3 is 0 Å². The fourth-order valence-corrected chi connectivity index (χ4v) is 9.29. The number of para-hydroxylation sites is 1. The first-order valence-electron chi connectivity index (χ1n) is 19.7. The van der Waals surface area contributed by atoms with Gasteiger partial charge < -0.3 is 9.32 Å². The third kappa shape index (κ3) is 5.40. The smallest absolute Gasteiger partial charge is 0.143 e. The average Bonchev–Trinajstić information content (AvgIpc) is 3.67. The molecule has 56 heavy (non-hydrogen) atoms. The highest BCUT2D eigenvalue weighted by atomic mass is 16.3. The van der Waals surface area contributed by atoms with E-state index in [0.29, 0.717) is 0 Å². The maximum atomic E-state index is 6.68. The third-order valence-electron chi connectivity index (χ3n) is 11.9. The van der Waals surface area contributed by atoms with Gasteiger partial charge in [0.05, 0.1) is 5.69 Å². The SMILES string of the molecule is C1=Cc2c(ccc3ccccc23)C(c2cccc(N(C3=CC=C(c4ccccc4)CC3)c3ccccc3-c3cccc4oc5c6ccccc6ccc5c34)c2)C1. The van der Waals surface area contributed by atoms with Crippen LogP contribution in [0.1, 0.15) is 47.4 Å². The molecule has 0 saturated carbocycles. The summed E-state index contributed by atoms with van der Waals surface area (Å²) < 4.78 is 6.68. The minimum Gasteiger partial charge on any atom is -0.455 e. The topological polar surface area (TPSA) is 16.4 Å². The molecule has 2 heteroatoms. The number of benzene rings is 8. The molecule has 2 aliphatic rings. The number of nitrogens with zero attached hydrogens (tertiary/aromatic N) is 1. The molecule has 1 atom stereocenters. The summed E-state index contributed by atoms with van der Waals surface area (Å²) in [7, 11) is 0. The van der Waals surface area contributed by atoms with Crippen LogP contribution in [-0.2, 0) is 0 Å². The average molecular weight is 718 g/mol. The Morgan fingerprint density at radius 3 is 2.18 bits per heavy atom. The molecule has 2 nitrogen and oxygen atoms in total. The van der Waals surface area contributed by atoms with Gasteiger partial charge in [-0.25, -0.2) is 0 Å². The van der Waals surface area contributed by atoms with Gasteiger partial charge in [-0.2, -0.15) is 0 Å². The van der Waals surface area contributed by atoms with E-state index in [4.69, 9.17) is 4.42 Å². The molecular weight excluding hydrogens is 679 g/mol. The monoisotopic (exact) mass is 717 g/mol. The molecule has 0 radical (unpaired) electrons. The van der Waals surface area contributed by atoms with Crippen molar-refractivity contribution >= 4 is 66.5 Å². The molecule has 1 unspecified atom stereocenters. The van der Waals surface area contributed by atoms with Crippen molar-refractivity contribution in [2.45, 2.75) is 25.2 Å². The van der Waals surface area contributed by atoms with E-state index < -0.39 is 0 Å². The lowest BCUT2D eigenvalue weighted by Gasteiger charge is -2.33. The predicted octanol–water partition coefficient (Wildman–Crippen LogP) is 15.0. The van der Waals surface area contributed by atoms with Gasteiger partial charge in [0.25, 0.3) is 0 Å². The van der Waals surface area contributed by atoms with Crippen LogP contribution in [0.3, 0.4) is 0 Å². The van der Waals surface area contributed by atoms with Gasteiger partial charge in [-0.05, 0) is 105 Å². The standard InChI is InChI=1S/C54H39NO/c1-2-13-36(14-3-1)37-27-31-41(32-28-37)55(42-18-10-17-40(35-42)44-22-11-23-46-43-19-6-4-15-38(43)29-33-47(44)46)51-25-9-8-21-48(51)49-24-12-26-52-53(49)50-34-30-39-16-5-7-20-45(39)54(50)56-52/h1-21,23-27,29-31,33-35,44H,22,28,32H2. The molecule has 266 valence electrons. The zero-order chi connectivity index (χ0) is 37.0. The largest absolute Gasteiger partial charge is 0.455 e. The summed E-state index contributed by atoms with van der Waals surface area (Å²) in [5.41, 5.74) is 14.5. The molecule has 1 heterocycles. The normalized spacial score (nSPS) is 15.2. The summed E-state index contributed by atoms with van der Waals surface area (Å²) in [4.78, 5) is 2.52. The van der Waals surface area contributed by atoms with E-state index in [0.717, 1.165) is 52.3 Å². The van der Waals surface area contributed by atoms with Crippen LogP contribution in [0.5, 0.6) is 0 Å². The van der Waals surface area contributed by atoms with E-state index in [1.807, 2.05) is 0 Å². The van der Waals surface area contributed by atoms with Crippen LogP contribution in [0, 0.1) is 0 Å². The lowest BCUT2D eigenvalue weighted by Crippen LogP contribution is -2.19. The predicted molar refractivity (Wildman–Crippen MR) is 236 cm³/mol. The minimum absolute atomic E-state index is 0.266. The second-order valence-electron chi connectivity index (χ2n) is 15.1. The first-order chi connectivity index (χ1) is 27.8. The summed E-state index contributed by atoms with van der Waals surface area (Å²) in [5.74, 6) is 0.266. The molecule has 2 aliphatic carbocycles. The van der Waals surface area contributed by atoms with E-state index in [1.165, 1.54) is 66.5 Å². The second kappa shape index (κ2) is 13.4. The zero-order valence-corrected chi connectivity index (χ0v) is 31.0. The number of allylic oxidation sites excluding steroid dienone is 5. The molecule has 11 rings (SSSR count). The third-order valence-corrected chi connectivity index (χ3v) is 11.9. The Morgan fingerprint density at radius 1 is 0.554 bits per heavy atom. The molecule has 0 N–H and O–H groups in total. The number of rotatable bonds is 6. The molecule has 0 fully saturated rings. The molecule has 0 aliphatic heterocycles. The van der Waals surface area contributed by atoms with Gasteiger partial charge in [-0.3, -0.25) is 0 Å². The second-order valence-corrected chi connectivity index (χ2v) is 15.1. The van der Waals surface area contributed by atoms with Crippen molar-refractivity contribution < 1.29 is 4.42 Å². The van der Waals surface area contributed by atoms with Crippen LogP contribution in [0.15, 0.2) is 198 Å². The van der Waals surface area contributed by atoms with Crippen LogP contribution < -0.4 is 4.90 Å². The van der Waals surface area contributed by atoms with Crippen LogP contribution in [-0.4, -0.2) is 0 Å². The lowest BCUT2D eigenvalue weighted by molar-refractivity contribution is 0.673. The molecule has 9 aromatic rings. The Morgan fingerprint density at radius 2 is 1.30 bits per heavy atom. The van der Waals surface area contributed by atoms with Crippen molar-refractivity contribution in [1.82, 2.24) is 0 Å². The van der Waals surface area contributed by atoms with Crippen LogP contribution in [0.4, 0.5) is 11.4 Å². The Labute approximate surface area is 327 Å². The van der Waals surface area contributed by atoms with Crippen molar-refractivity contribution in [3.05, 3.63) is 216 Å². The van der Waals surface area contributed by atoms with Crippen molar-refractivity contribution in [3.8, 4) is 11.1 Å². The summed E-state index contributed by atoms with van der Waals surface area (Å²) in [6.07, 6.45) is 12.2. The Kier molecular flexibility index (Phi) is 7.81. The zero-order valence-electron chi connectivity index (χ0n) is 31.0. The fourth-order valence-electron chi connectivity index (χ4n) is 9.29. The van der Waals surface area contributed by atoms with Crippen LogP contribution in [0.25, 0.3) is 66.3 Å². The molecule has 1 aromatic heterocycles. The van der Waals surface area contributed by atoms with Crippen molar-refractivity contribution in [2.75, 3.05) is 4.90 Å². The van der Waals surface area contributed by atoms with Gasteiger partial charge in [0.15, 0.2) is 0 Å². The highest BCUT2D eigenvalue weighted by molar-refractivity contribution is 6.19. The minimum atomic E-state index is 0.266. The van der Waals surface area contributed by atoms with E-state index in [-0.39, 0.29) is 5.92 Å². The van der Waals surface area contributed by atoms with Gasteiger partial charge in [0.1, 0.15) is 11.2 Å². The van der Waals surface area contributed by atoms with Crippen LogP contribution in [0.2, 0.25) is 0 Å². The van der Waals surface area contributed by atoms with E-state index in [9.17, 15) is 0 Å². The van der Waals surface area contributed by atoms with E-state index in [1.54, 1.807) is 0 Å². The van der Waals surface area contributed by atoms with Crippen molar-refractivity contribution in [2.24, 2.45) is 0 Å². The highest BCUT2D eigenvalue weighted by Gasteiger charge is 2.26. The maximum Gasteiger partial charge on any atom is 0.143 e. The first kappa shape index (κ1) is 32.5. The molecule has 0 bridgehead atoms. The van der Waals surface area contributed by atoms with Crippen molar-refractivity contribution in [3.63, 3.8) is 0 Å². The quantitative estimate of drug-likeness (QED) is 0.170. The molecule has 0 amide bonds. The first-order valence-corrected chi connectivity index (χ1v) is 19.7. The highest BCUT2D eigenvalue weighted by Crippen LogP contribution is 2.47. The molecule has 8 aromatic carbocycles. The Balaban J connectivity index is 1.09. The number of hydrogen-bond donors (Lipinski definition) is 0.